The van der Waals surface area contributed by atoms with Crippen LogP contribution in [-0.4, -0.2) is 58.8 Å². The number of aryl methyl sites for hydroxylation is 1. The molecule has 0 radical (unpaired) electrons. The Bertz CT molecular complexity index is 1260. The molecule has 6 fully saturated rings. The summed E-state index contributed by atoms with van der Waals surface area (Å²) >= 11 is 7.26. The number of furan rings is 1. The molecular formula is C31H37ClFN3O2S2. The third-order valence-corrected chi connectivity index (χ3v) is 11.0. The zero-order valence-corrected chi connectivity index (χ0v) is 25.1. The minimum Gasteiger partial charge on any atom is -0.456 e. The van der Waals surface area contributed by atoms with E-state index < -0.39 is 0 Å². The number of amides is 1. The number of benzene rings is 1. The minimum atomic E-state index is -0.268. The summed E-state index contributed by atoms with van der Waals surface area (Å²) in [6.07, 6.45) is 10.2. The normalized spacial score (nSPS) is 30.9. The summed E-state index contributed by atoms with van der Waals surface area (Å²) in [5.74, 6) is 4.11. The molecule has 4 aliphatic carbocycles. The highest BCUT2D eigenvalue weighted by atomic mass is 35.5. The second-order valence-electron chi connectivity index (χ2n) is 12.2. The van der Waals surface area contributed by atoms with Crippen molar-refractivity contribution in [3.8, 4) is 11.3 Å². The number of nitrogens with one attached hydrogen (secondary N) is 1. The van der Waals surface area contributed by atoms with Gasteiger partial charge in [-0.05, 0) is 111 Å². The minimum absolute atomic E-state index is 0. The van der Waals surface area contributed by atoms with Gasteiger partial charge in [-0.2, -0.15) is 0 Å². The number of piperazine rings is 1. The van der Waals surface area contributed by atoms with E-state index in [0.29, 0.717) is 26.8 Å². The van der Waals surface area contributed by atoms with Crippen LogP contribution >= 0.6 is 36.4 Å². The van der Waals surface area contributed by atoms with E-state index in [9.17, 15) is 9.18 Å². The molecule has 40 heavy (non-hydrogen) atoms. The van der Waals surface area contributed by atoms with Crippen molar-refractivity contribution in [1.29, 1.82) is 0 Å². The van der Waals surface area contributed by atoms with Gasteiger partial charge in [-0.25, -0.2) is 4.39 Å². The van der Waals surface area contributed by atoms with Crippen molar-refractivity contribution in [2.75, 3.05) is 32.7 Å². The van der Waals surface area contributed by atoms with Gasteiger partial charge in [0.05, 0.1) is 4.91 Å². The van der Waals surface area contributed by atoms with E-state index >= 15 is 0 Å². The van der Waals surface area contributed by atoms with E-state index in [1.807, 2.05) is 11.0 Å². The maximum atomic E-state index is 13.8. The van der Waals surface area contributed by atoms with Crippen molar-refractivity contribution in [3.63, 3.8) is 0 Å². The Labute approximate surface area is 251 Å². The highest BCUT2D eigenvalue weighted by molar-refractivity contribution is 8.26. The van der Waals surface area contributed by atoms with Crippen LogP contribution in [0.5, 0.6) is 0 Å². The molecule has 8 rings (SSSR count). The third kappa shape index (κ3) is 5.54. The average molecular weight is 602 g/mol. The van der Waals surface area contributed by atoms with Crippen LogP contribution in [0, 0.1) is 29.5 Å². The zero-order chi connectivity index (χ0) is 26.5. The van der Waals surface area contributed by atoms with E-state index in [2.05, 4.69) is 16.3 Å². The van der Waals surface area contributed by atoms with Gasteiger partial charge in [0, 0.05) is 43.9 Å². The first-order chi connectivity index (χ1) is 19.0. The van der Waals surface area contributed by atoms with Crippen molar-refractivity contribution in [2.45, 2.75) is 51.0 Å². The lowest BCUT2D eigenvalue weighted by Gasteiger charge is -2.56. The highest BCUT2D eigenvalue weighted by Gasteiger charge is 2.53. The lowest BCUT2D eigenvalue weighted by Crippen LogP contribution is -2.57. The summed E-state index contributed by atoms with van der Waals surface area (Å²) in [6.45, 7) is 5.26. The fourth-order valence-electron chi connectivity index (χ4n) is 8.12. The maximum absolute atomic E-state index is 13.8. The van der Waals surface area contributed by atoms with Crippen molar-refractivity contribution in [3.05, 3.63) is 52.4 Å². The lowest BCUT2D eigenvalue weighted by atomic mass is 9.54. The Morgan fingerprint density at radius 2 is 1.73 bits per heavy atom. The fourth-order valence-corrected chi connectivity index (χ4v) is 9.44. The third-order valence-electron chi connectivity index (χ3n) is 9.66. The van der Waals surface area contributed by atoms with Crippen molar-refractivity contribution in [1.82, 2.24) is 15.1 Å². The quantitative estimate of drug-likeness (QED) is 0.294. The summed E-state index contributed by atoms with van der Waals surface area (Å²) in [5, 5.41) is 3.41. The molecule has 1 aromatic carbocycles. The Morgan fingerprint density at radius 1 is 1.05 bits per heavy atom. The molecule has 2 aliphatic heterocycles. The van der Waals surface area contributed by atoms with Gasteiger partial charge in [0.2, 0.25) is 0 Å². The molecule has 6 aliphatic rings. The summed E-state index contributed by atoms with van der Waals surface area (Å²) in [5.41, 5.74) is 1.92. The second kappa shape index (κ2) is 11.9. The van der Waals surface area contributed by atoms with Gasteiger partial charge in [-0.15, -0.1) is 12.4 Å². The average Bonchev–Trinajstić information content (AvgIpc) is 3.45. The van der Waals surface area contributed by atoms with Crippen LogP contribution in [0.25, 0.3) is 17.4 Å². The Balaban J connectivity index is 0.00000289. The first-order valence-corrected chi connectivity index (χ1v) is 15.8. The Kier molecular flexibility index (Phi) is 8.44. The van der Waals surface area contributed by atoms with Crippen LogP contribution in [0.2, 0.25) is 0 Å². The van der Waals surface area contributed by atoms with E-state index in [0.717, 1.165) is 74.3 Å². The molecule has 2 saturated heterocycles. The predicted octanol–water partition coefficient (Wildman–Crippen LogP) is 6.37. The number of rotatable bonds is 7. The molecule has 0 atom stereocenters. The molecular weight excluding hydrogens is 565 g/mol. The van der Waals surface area contributed by atoms with Crippen molar-refractivity contribution >= 4 is 52.7 Å². The maximum Gasteiger partial charge on any atom is 0.266 e. The van der Waals surface area contributed by atoms with Crippen LogP contribution in [0.15, 0.2) is 39.7 Å². The SMILES string of the molecule is Cl.O=C1C(=Cc2oc(-c3ccc(F)cc3)cc2CCCN2CCNCC2)SC(=S)N1C1C2CC3CC(C2)CC1C3. The van der Waals surface area contributed by atoms with Gasteiger partial charge < -0.3 is 14.6 Å². The zero-order valence-electron chi connectivity index (χ0n) is 22.6. The number of carbonyl (C=O) groups excluding carboxylic acids is 1. The molecule has 5 nitrogen and oxygen atoms in total. The fraction of sp³-hybridized carbons (Fsp3) is 0.548. The van der Waals surface area contributed by atoms with Crippen molar-refractivity contribution < 1.29 is 13.6 Å². The van der Waals surface area contributed by atoms with Crippen LogP contribution in [0.4, 0.5) is 4.39 Å². The molecule has 4 saturated carbocycles. The molecule has 4 bridgehead atoms. The Morgan fingerprint density at radius 3 is 2.40 bits per heavy atom. The van der Waals surface area contributed by atoms with Crippen LogP contribution < -0.4 is 5.32 Å². The Hall–Kier alpha value is -1.71. The largest absolute Gasteiger partial charge is 0.456 e. The number of hydrogen-bond acceptors (Lipinski definition) is 6. The van der Waals surface area contributed by atoms with Gasteiger partial charge in [0.15, 0.2) is 0 Å². The van der Waals surface area contributed by atoms with Crippen LogP contribution in [-0.2, 0) is 11.2 Å². The van der Waals surface area contributed by atoms with E-state index in [1.165, 1.54) is 56.0 Å². The summed E-state index contributed by atoms with van der Waals surface area (Å²) in [4.78, 5) is 19.0. The van der Waals surface area contributed by atoms with Crippen LogP contribution in [0.3, 0.4) is 0 Å². The van der Waals surface area contributed by atoms with E-state index in [4.69, 9.17) is 16.6 Å². The standard InChI is InChI=1S/C31H36FN3O2S2.ClH/c32-25-5-3-21(4-6-25)26-17-22(2-1-9-34-10-7-33-8-11-34)27(37-26)18-28-30(36)35(31(38)39-28)29-23-13-19-12-20(15-23)16-24(29)14-19;/h3-6,17-20,23-24,29,33H,1-2,7-16H2;1H. The second-order valence-corrected chi connectivity index (χ2v) is 13.9. The van der Waals surface area contributed by atoms with Gasteiger partial charge in [0.1, 0.15) is 21.7 Å². The highest BCUT2D eigenvalue weighted by Crippen LogP contribution is 2.56. The van der Waals surface area contributed by atoms with Gasteiger partial charge >= 0.3 is 0 Å². The van der Waals surface area contributed by atoms with Gasteiger partial charge in [-0.1, -0.05) is 24.0 Å². The smallest absolute Gasteiger partial charge is 0.266 e. The molecule has 214 valence electrons. The first kappa shape index (κ1) is 28.4. The number of hydrogen-bond donors (Lipinski definition) is 1. The van der Waals surface area contributed by atoms with E-state index in [1.54, 1.807) is 12.1 Å². The van der Waals surface area contributed by atoms with Crippen LogP contribution in [0.1, 0.15) is 49.8 Å². The summed E-state index contributed by atoms with van der Waals surface area (Å²) in [6, 6.07) is 8.73. The molecule has 1 amide bonds. The molecule has 0 unspecified atom stereocenters. The van der Waals surface area contributed by atoms with E-state index in [-0.39, 0.29) is 30.2 Å². The molecule has 9 heteroatoms. The monoisotopic (exact) mass is 601 g/mol. The predicted molar refractivity (Wildman–Crippen MR) is 165 cm³/mol. The molecule has 3 heterocycles. The number of halogens is 2. The first-order valence-electron chi connectivity index (χ1n) is 14.6. The number of carbonyl (C=O) groups is 1. The number of thiocarbonyl (C=S) groups is 1. The lowest BCUT2D eigenvalue weighted by molar-refractivity contribution is -0.130. The number of thioether (sulfide) groups is 1. The number of nitrogens with zero attached hydrogens (tertiary/aromatic N) is 2. The summed E-state index contributed by atoms with van der Waals surface area (Å²) < 4.78 is 20.6. The topological polar surface area (TPSA) is 48.7 Å². The van der Waals surface area contributed by atoms with Gasteiger partial charge in [-0.3, -0.25) is 9.69 Å². The summed E-state index contributed by atoms with van der Waals surface area (Å²) in [7, 11) is 0. The van der Waals surface area contributed by atoms with Crippen molar-refractivity contribution in [2.24, 2.45) is 23.7 Å². The molecule has 0 spiro atoms. The molecule has 1 aromatic heterocycles. The molecule has 1 N–H and O–H groups in total. The van der Waals surface area contributed by atoms with Gasteiger partial charge in [0.25, 0.3) is 5.91 Å². The molecule has 2 aromatic rings.